The fourth-order valence-electron chi connectivity index (χ4n) is 1.79. The molecule has 0 radical (unpaired) electrons. The van der Waals surface area contributed by atoms with E-state index in [0.29, 0.717) is 6.61 Å². The van der Waals surface area contributed by atoms with E-state index in [1.807, 2.05) is 37.3 Å². The Kier molecular flexibility index (Phi) is 4.80. The third kappa shape index (κ3) is 3.13. The zero-order valence-corrected chi connectivity index (χ0v) is 11.6. The van der Waals surface area contributed by atoms with Crippen LogP contribution in [-0.2, 0) is 4.44 Å². The van der Waals surface area contributed by atoms with Crippen molar-refractivity contribution in [1.82, 2.24) is 0 Å². The molecule has 0 unspecified atom stereocenters. The van der Waals surface area contributed by atoms with Gasteiger partial charge in [0.05, 0.1) is 14.8 Å². The highest BCUT2D eigenvalue weighted by Crippen LogP contribution is 2.34. The largest absolute Gasteiger partial charge is 0.494 e. The van der Waals surface area contributed by atoms with Crippen LogP contribution < -0.4 is 15.3 Å². The van der Waals surface area contributed by atoms with Crippen LogP contribution in [-0.4, -0.2) is 14.7 Å². The molecule has 0 bridgehead atoms. The number of ether oxygens (including phenoxy) is 1. The lowest BCUT2D eigenvalue weighted by Gasteiger charge is -2.17. The Balaban J connectivity index is 2.30. The van der Waals surface area contributed by atoms with Crippen molar-refractivity contribution in [3.8, 4) is 5.75 Å². The summed E-state index contributed by atoms with van der Waals surface area (Å²) < 4.78 is 11.2. The summed E-state index contributed by atoms with van der Waals surface area (Å²) in [4.78, 5) is 0. The molecule has 2 rings (SSSR count). The van der Waals surface area contributed by atoms with Gasteiger partial charge in [0, 0.05) is 10.6 Å². The maximum absolute atomic E-state index is 5.66. The second kappa shape index (κ2) is 6.58. The molecule has 0 saturated heterocycles. The Labute approximate surface area is 110 Å². The van der Waals surface area contributed by atoms with Crippen LogP contribution in [0.15, 0.2) is 54.6 Å². The number of hydrogen-bond donors (Lipinski definition) is 0. The third-order valence-electron chi connectivity index (χ3n) is 2.54. The number of hydrogen-bond acceptors (Lipinski definition) is 2. The molecule has 92 valence electrons. The number of benzene rings is 2. The average Bonchev–Trinajstić information content (AvgIpc) is 2.42. The smallest absolute Gasteiger partial charge is 0.263 e. The summed E-state index contributed by atoms with van der Waals surface area (Å²) in [5, 5.41) is 2.38. The molecule has 1 atom stereocenters. The highest BCUT2D eigenvalue weighted by molar-refractivity contribution is 7.69. The van der Waals surface area contributed by atoms with Crippen LogP contribution in [0.4, 0.5) is 0 Å². The third-order valence-corrected chi connectivity index (χ3v) is 4.42. The normalized spacial score (nSPS) is 12.1. The Bertz CT molecular complexity index is 490. The second-order valence-electron chi connectivity index (χ2n) is 3.74. The van der Waals surface area contributed by atoms with Gasteiger partial charge in [0.25, 0.3) is 8.05 Å². The van der Waals surface area contributed by atoms with Gasteiger partial charge in [-0.2, -0.15) is 0 Å². The van der Waals surface area contributed by atoms with Crippen molar-refractivity contribution in [2.75, 3.05) is 6.61 Å². The minimum absolute atomic E-state index is 0.680. The maximum Gasteiger partial charge on any atom is 0.263 e. The molecule has 0 aliphatic rings. The van der Waals surface area contributed by atoms with Crippen LogP contribution in [0.1, 0.15) is 6.92 Å². The van der Waals surface area contributed by atoms with Crippen molar-refractivity contribution in [1.29, 1.82) is 0 Å². The van der Waals surface area contributed by atoms with Gasteiger partial charge in [-0.1, -0.05) is 42.5 Å². The van der Waals surface area contributed by atoms with Gasteiger partial charge in [0.2, 0.25) is 0 Å². The molecule has 0 spiro atoms. The summed E-state index contributed by atoms with van der Waals surface area (Å²) >= 11 is 0. The SMILES string of the molecule is BO[P@](c1ccccc1)c1cccc(OCC)c1. The lowest BCUT2D eigenvalue weighted by Crippen LogP contribution is -2.13. The van der Waals surface area contributed by atoms with E-state index < -0.39 is 8.15 Å². The number of rotatable bonds is 5. The van der Waals surface area contributed by atoms with Crippen LogP contribution in [0, 0.1) is 0 Å². The lowest BCUT2D eigenvalue weighted by atomic mass is 10.3. The predicted molar refractivity (Wildman–Crippen MR) is 79.9 cm³/mol. The molecule has 2 aromatic carbocycles. The van der Waals surface area contributed by atoms with E-state index in [-0.39, 0.29) is 0 Å². The zero-order chi connectivity index (χ0) is 12.8. The first-order valence-corrected chi connectivity index (χ1v) is 7.23. The Morgan fingerprint density at radius 2 is 1.72 bits per heavy atom. The Morgan fingerprint density at radius 3 is 2.39 bits per heavy atom. The van der Waals surface area contributed by atoms with E-state index in [2.05, 4.69) is 24.3 Å². The molecule has 2 aromatic rings. The van der Waals surface area contributed by atoms with Crippen LogP contribution in [0.2, 0.25) is 0 Å². The van der Waals surface area contributed by atoms with Crippen molar-refractivity contribution in [3.05, 3.63) is 54.6 Å². The van der Waals surface area contributed by atoms with Gasteiger partial charge in [-0.25, -0.2) is 0 Å². The van der Waals surface area contributed by atoms with Crippen LogP contribution in [0.3, 0.4) is 0 Å². The van der Waals surface area contributed by atoms with Crippen molar-refractivity contribution in [2.45, 2.75) is 6.92 Å². The van der Waals surface area contributed by atoms with E-state index >= 15 is 0 Å². The molecule has 18 heavy (non-hydrogen) atoms. The quantitative estimate of drug-likeness (QED) is 0.603. The van der Waals surface area contributed by atoms with E-state index in [1.165, 1.54) is 10.6 Å². The van der Waals surface area contributed by atoms with Crippen LogP contribution in [0.5, 0.6) is 5.75 Å². The summed E-state index contributed by atoms with van der Waals surface area (Å²) in [5.74, 6) is 0.899. The molecule has 2 nitrogen and oxygen atoms in total. The zero-order valence-electron chi connectivity index (χ0n) is 10.7. The first kappa shape index (κ1) is 13.1. The summed E-state index contributed by atoms with van der Waals surface area (Å²) in [6.07, 6.45) is 0. The molecular formula is C14H16BO2P. The van der Waals surface area contributed by atoms with Crippen LogP contribution >= 0.6 is 8.15 Å². The van der Waals surface area contributed by atoms with E-state index in [9.17, 15) is 0 Å². The fourth-order valence-corrected chi connectivity index (χ4v) is 3.42. The Morgan fingerprint density at radius 1 is 1.00 bits per heavy atom. The van der Waals surface area contributed by atoms with Gasteiger partial charge in [0.15, 0.2) is 0 Å². The minimum atomic E-state index is -0.756. The van der Waals surface area contributed by atoms with Gasteiger partial charge in [-0.15, -0.1) is 0 Å². The molecule has 0 heterocycles. The van der Waals surface area contributed by atoms with Crippen molar-refractivity contribution in [3.63, 3.8) is 0 Å². The van der Waals surface area contributed by atoms with Crippen molar-refractivity contribution in [2.24, 2.45) is 0 Å². The topological polar surface area (TPSA) is 18.5 Å². The summed E-state index contributed by atoms with van der Waals surface area (Å²) in [5.41, 5.74) is 0. The van der Waals surface area contributed by atoms with Crippen molar-refractivity contribution < 1.29 is 9.18 Å². The lowest BCUT2D eigenvalue weighted by molar-refractivity contribution is 0.340. The molecule has 0 amide bonds. The summed E-state index contributed by atoms with van der Waals surface area (Å²) in [7, 11) is 1.00. The van der Waals surface area contributed by atoms with Gasteiger partial charge < -0.3 is 9.18 Å². The second-order valence-corrected chi connectivity index (χ2v) is 5.73. The van der Waals surface area contributed by atoms with Gasteiger partial charge in [-0.3, -0.25) is 0 Å². The fraction of sp³-hybridized carbons (Fsp3) is 0.143. The molecule has 0 aromatic heterocycles. The average molecular weight is 258 g/mol. The molecule has 0 saturated carbocycles. The van der Waals surface area contributed by atoms with Gasteiger partial charge >= 0.3 is 0 Å². The molecule has 0 fully saturated rings. The first-order chi connectivity index (χ1) is 8.85. The highest BCUT2D eigenvalue weighted by Gasteiger charge is 2.13. The van der Waals surface area contributed by atoms with E-state index in [1.54, 1.807) is 8.05 Å². The highest BCUT2D eigenvalue weighted by atomic mass is 31.1. The Hall–Kier alpha value is -1.31. The van der Waals surface area contributed by atoms with Crippen LogP contribution in [0.25, 0.3) is 0 Å². The summed E-state index contributed by atoms with van der Waals surface area (Å²) in [6, 6.07) is 18.4. The monoisotopic (exact) mass is 258 g/mol. The molecule has 4 heteroatoms. The molecular weight excluding hydrogens is 242 g/mol. The van der Waals surface area contributed by atoms with Gasteiger partial charge in [0.1, 0.15) is 5.75 Å². The summed E-state index contributed by atoms with van der Waals surface area (Å²) in [6.45, 7) is 2.67. The predicted octanol–water partition coefficient (Wildman–Crippen LogP) is 2.00. The molecule has 0 aliphatic heterocycles. The van der Waals surface area contributed by atoms with Crippen molar-refractivity contribution >= 4 is 26.8 Å². The van der Waals surface area contributed by atoms with E-state index in [4.69, 9.17) is 9.18 Å². The molecule has 0 N–H and O–H groups in total. The maximum atomic E-state index is 5.66. The minimum Gasteiger partial charge on any atom is -0.494 e. The van der Waals surface area contributed by atoms with E-state index in [0.717, 1.165) is 5.75 Å². The standard InChI is InChI=1S/C14H16BO2P/c1-2-16-12-7-6-10-14(11-12)18(17-15)13-8-4-3-5-9-13/h3-11H,2,15H2,1H3/t18-/m1/s1. The van der Waals surface area contributed by atoms with Gasteiger partial charge in [-0.05, 0) is 19.1 Å². The molecule has 0 aliphatic carbocycles. The first-order valence-electron chi connectivity index (χ1n) is 5.97.